The molecule has 110 valence electrons. The molecule has 0 saturated heterocycles. The Morgan fingerprint density at radius 1 is 1.30 bits per heavy atom. The van der Waals surface area contributed by atoms with E-state index in [4.69, 9.17) is 0 Å². The molecule has 0 heterocycles. The molecule has 1 aromatic rings. The Kier molecular flexibility index (Phi) is 5.41. The first-order valence-corrected chi connectivity index (χ1v) is 7.54. The molecule has 0 spiro atoms. The number of aliphatic hydroxyl groups is 1. The van der Waals surface area contributed by atoms with Crippen molar-refractivity contribution in [3.05, 3.63) is 29.8 Å². The second-order valence-electron chi connectivity index (χ2n) is 5.40. The largest absolute Gasteiger partial charge is 0.391 e. The molecule has 1 aliphatic rings. The van der Waals surface area contributed by atoms with Crippen molar-refractivity contribution in [2.45, 2.75) is 51.2 Å². The average Bonchev–Trinajstić information content (AvgIpc) is 2.47. The average molecular weight is 276 g/mol. The zero-order valence-corrected chi connectivity index (χ0v) is 12.1. The van der Waals surface area contributed by atoms with E-state index >= 15 is 0 Å². The predicted molar refractivity (Wildman–Crippen MR) is 81.0 cm³/mol. The number of rotatable bonds is 5. The van der Waals surface area contributed by atoms with E-state index in [0.717, 1.165) is 44.3 Å². The predicted octanol–water partition coefficient (Wildman–Crippen LogP) is 2.54. The monoisotopic (exact) mass is 276 g/mol. The molecular formula is C16H24N2O2. The van der Waals surface area contributed by atoms with Crippen LogP contribution in [0.25, 0.3) is 0 Å². The summed E-state index contributed by atoms with van der Waals surface area (Å²) in [6.07, 6.45) is 4.35. The third-order valence-electron chi connectivity index (χ3n) is 3.78. The van der Waals surface area contributed by atoms with Crippen molar-refractivity contribution in [2.24, 2.45) is 0 Å². The van der Waals surface area contributed by atoms with Gasteiger partial charge in [-0.05, 0) is 31.4 Å². The van der Waals surface area contributed by atoms with Gasteiger partial charge < -0.3 is 15.7 Å². The first kappa shape index (κ1) is 14.9. The lowest BCUT2D eigenvalue weighted by molar-refractivity contribution is 0.0718. The number of aliphatic hydroxyl groups excluding tert-OH is 1. The second-order valence-corrected chi connectivity index (χ2v) is 5.40. The topological polar surface area (TPSA) is 61.4 Å². The van der Waals surface area contributed by atoms with Crippen LogP contribution in [0.3, 0.4) is 0 Å². The normalized spacial score (nSPS) is 22.3. The summed E-state index contributed by atoms with van der Waals surface area (Å²) in [5.41, 5.74) is 1.51. The lowest BCUT2D eigenvalue weighted by atomic mass is 9.92. The highest BCUT2D eigenvalue weighted by molar-refractivity contribution is 5.99. The summed E-state index contributed by atoms with van der Waals surface area (Å²) in [5, 5.41) is 16.2. The number of carbonyl (C=O) groups is 1. The number of nitrogens with one attached hydrogen (secondary N) is 2. The number of carbonyl (C=O) groups excluding carboxylic acids is 1. The lowest BCUT2D eigenvalue weighted by Gasteiger charge is -2.28. The van der Waals surface area contributed by atoms with Crippen molar-refractivity contribution < 1.29 is 9.90 Å². The fourth-order valence-corrected chi connectivity index (χ4v) is 2.62. The molecule has 0 radical (unpaired) electrons. The molecule has 1 aromatic carbocycles. The van der Waals surface area contributed by atoms with Crippen LogP contribution in [0.15, 0.2) is 24.3 Å². The summed E-state index contributed by atoms with van der Waals surface area (Å²) < 4.78 is 0. The van der Waals surface area contributed by atoms with Crippen molar-refractivity contribution in [1.82, 2.24) is 5.32 Å². The summed E-state index contributed by atoms with van der Waals surface area (Å²) in [5.74, 6) is -0.102. The van der Waals surface area contributed by atoms with Gasteiger partial charge in [-0.2, -0.15) is 0 Å². The van der Waals surface area contributed by atoms with Gasteiger partial charge in [-0.3, -0.25) is 4.79 Å². The van der Waals surface area contributed by atoms with Gasteiger partial charge >= 0.3 is 0 Å². The van der Waals surface area contributed by atoms with Gasteiger partial charge in [0.1, 0.15) is 0 Å². The Hall–Kier alpha value is -1.55. The molecule has 0 bridgehead atoms. The summed E-state index contributed by atoms with van der Waals surface area (Å²) in [6, 6.07) is 7.41. The molecular weight excluding hydrogens is 252 g/mol. The highest BCUT2D eigenvalue weighted by Gasteiger charge is 2.25. The summed E-state index contributed by atoms with van der Waals surface area (Å²) in [7, 11) is 0. The van der Waals surface area contributed by atoms with Crippen molar-refractivity contribution in [3.63, 3.8) is 0 Å². The summed E-state index contributed by atoms with van der Waals surface area (Å²) in [6.45, 7) is 2.93. The lowest BCUT2D eigenvalue weighted by Crippen LogP contribution is -2.45. The van der Waals surface area contributed by atoms with Crippen molar-refractivity contribution in [2.75, 3.05) is 11.9 Å². The fraction of sp³-hybridized carbons (Fsp3) is 0.562. The van der Waals surface area contributed by atoms with E-state index in [-0.39, 0.29) is 11.9 Å². The van der Waals surface area contributed by atoms with Gasteiger partial charge in [0, 0.05) is 12.2 Å². The van der Waals surface area contributed by atoms with E-state index in [1.54, 1.807) is 0 Å². The van der Waals surface area contributed by atoms with Gasteiger partial charge in [-0.25, -0.2) is 0 Å². The van der Waals surface area contributed by atoms with Crippen LogP contribution >= 0.6 is 0 Å². The van der Waals surface area contributed by atoms with Crippen LogP contribution in [0.5, 0.6) is 0 Å². The maximum atomic E-state index is 12.4. The molecule has 2 rings (SSSR count). The van der Waals surface area contributed by atoms with Crippen LogP contribution in [-0.2, 0) is 0 Å². The van der Waals surface area contributed by atoms with E-state index < -0.39 is 6.10 Å². The number of amides is 1. The fourth-order valence-electron chi connectivity index (χ4n) is 2.62. The van der Waals surface area contributed by atoms with E-state index in [9.17, 15) is 9.90 Å². The first-order valence-electron chi connectivity index (χ1n) is 7.54. The Morgan fingerprint density at radius 3 is 2.80 bits per heavy atom. The van der Waals surface area contributed by atoms with Crippen molar-refractivity contribution in [3.8, 4) is 0 Å². The molecule has 1 fully saturated rings. The Balaban J connectivity index is 2.04. The molecule has 2 atom stereocenters. The molecule has 1 saturated carbocycles. The van der Waals surface area contributed by atoms with Crippen molar-refractivity contribution >= 4 is 11.6 Å². The molecule has 4 heteroatoms. The number of hydrogen-bond acceptors (Lipinski definition) is 3. The van der Waals surface area contributed by atoms with Crippen LogP contribution in [0.4, 0.5) is 5.69 Å². The van der Waals surface area contributed by atoms with Crippen LogP contribution in [-0.4, -0.2) is 29.7 Å². The molecule has 4 nitrogen and oxygen atoms in total. The number of para-hydroxylation sites is 1. The standard InChI is InChI=1S/C16H24N2O2/c1-2-11-17-13-8-4-3-7-12(13)16(20)18-14-9-5-6-10-15(14)19/h3-4,7-8,14-15,17,19H,2,5-6,9-11H2,1H3,(H,18,20)/t14-,15-/m1/s1. The Morgan fingerprint density at radius 2 is 2.05 bits per heavy atom. The molecule has 1 amide bonds. The maximum Gasteiger partial charge on any atom is 0.253 e. The third kappa shape index (κ3) is 3.73. The number of hydrogen-bond donors (Lipinski definition) is 3. The smallest absolute Gasteiger partial charge is 0.253 e. The van der Waals surface area contributed by atoms with E-state index in [1.807, 2.05) is 24.3 Å². The highest BCUT2D eigenvalue weighted by atomic mass is 16.3. The number of anilines is 1. The minimum absolute atomic E-state index is 0.102. The van der Waals surface area contributed by atoms with Crippen LogP contribution < -0.4 is 10.6 Å². The third-order valence-corrected chi connectivity index (χ3v) is 3.78. The quantitative estimate of drug-likeness (QED) is 0.774. The zero-order valence-electron chi connectivity index (χ0n) is 12.1. The SMILES string of the molecule is CCCNc1ccccc1C(=O)N[C@@H]1CCCC[C@H]1O. The van der Waals surface area contributed by atoms with Gasteiger partial charge in [-0.1, -0.05) is 31.9 Å². The molecule has 0 aliphatic heterocycles. The van der Waals surface area contributed by atoms with Gasteiger partial charge in [0.15, 0.2) is 0 Å². The van der Waals surface area contributed by atoms with Crippen LogP contribution in [0, 0.1) is 0 Å². The molecule has 0 unspecified atom stereocenters. The summed E-state index contributed by atoms with van der Waals surface area (Å²) in [4.78, 5) is 12.4. The van der Waals surface area contributed by atoms with Gasteiger partial charge in [0.2, 0.25) is 0 Å². The minimum atomic E-state index is -0.413. The van der Waals surface area contributed by atoms with E-state index in [0.29, 0.717) is 5.56 Å². The van der Waals surface area contributed by atoms with Gasteiger partial charge in [0.05, 0.1) is 17.7 Å². The maximum absolute atomic E-state index is 12.4. The highest BCUT2D eigenvalue weighted by Crippen LogP contribution is 2.20. The van der Waals surface area contributed by atoms with Gasteiger partial charge in [0.25, 0.3) is 5.91 Å². The van der Waals surface area contributed by atoms with E-state index in [1.165, 1.54) is 0 Å². The molecule has 3 N–H and O–H groups in total. The molecule has 20 heavy (non-hydrogen) atoms. The first-order chi connectivity index (χ1) is 9.72. The van der Waals surface area contributed by atoms with Crippen molar-refractivity contribution in [1.29, 1.82) is 0 Å². The Bertz CT molecular complexity index is 448. The molecule has 1 aliphatic carbocycles. The molecule has 0 aromatic heterocycles. The number of benzene rings is 1. The van der Waals surface area contributed by atoms with Crippen LogP contribution in [0.1, 0.15) is 49.4 Å². The van der Waals surface area contributed by atoms with Gasteiger partial charge in [-0.15, -0.1) is 0 Å². The minimum Gasteiger partial charge on any atom is -0.391 e. The Labute approximate surface area is 120 Å². The van der Waals surface area contributed by atoms with Crippen LogP contribution in [0.2, 0.25) is 0 Å². The second kappa shape index (κ2) is 7.29. The summed E-state index contributed by atoms with van der Waals surface area (Å²) >= 11 is 0. The zero-order chi connectivity index (χ0) is 14.4. The van der Waals surface area contributed by atoms with E-state index in [2.05, 4.69) is 17.6 Å².